The van der Waals surface area contributed by atoms with E-state index in [0.717, 1.165) is 25.3 Å². The maximum Gasteiger partial charge on any atom is 0.141 e. The summed E-state index contributed by atoms with van der Waals surface area (Å²) in [5.74, 6) is -0.436. The first-order chi connectivity index (χ1) is 10.5. The van der Waals surface area contributed by atoms with Crippen LogP contribution < -0.4 is 5.32 Å². The zero-order valence-corrected chi connectivity index (χ0v) is 13.4. The summed E-state index contributed by atoms with van der Waals surface area (Å²) in [6.07, 6.45) is 1.86. The number of halogens is 2. The summed E-state index contributed by atoms with van der Waals surface area (Å²) < 4.78 is 14.8. The lowest BCUT2D eigenvalue weighted by atomic mass is 10.1. The Balaban J connectivity index is 1.74. The van der Waals surface area contributed by atoms with Crippen molar-refractivity contribution in [1.29, 1.82) is 0 Å². The van der Waals surface area contributed by atoms with Gasteiger partial charge in [0.2, 0.25) is 0 Å². The number of benzene rings is 1. The van der Waals surface area contributed by atoms with Gasteiger partial charge in [-0.2, -0.15) is 0 Å². The Morgan fingerprint density at radius 3 is 3.00 bits per heavy atom. The van der Waals surface area contributed by atoms with Gasteiger partial charge in [0.05, 0.1) is 22.6 Å². The highest BCUT2D eigenvalue weighted by molar-refractivity contribution is 6.30. The molecule has 118 valence electrons. The van der Waals surface area contributed by atoms with E-state index in [1.165, 1.54) is 6.07 Å². The molecule has 1 aromatic heterocycles. The highest BCUT2D eigenvalue weighted by Gasteiger charge is 2.23. The molecule has 22 heavy (non-hydrogen) atoms. The van der Waals surface area contributed by atoms with Crippen LogP contribution in [0.4, 0.5) is 4.39 Å². The average molecular weight is 324 g/mol. The molecule has 1 fully saturated rings. The summed E-state index contributed by atoms with van der Waals surface area (Å²) in [4.78, 5) is 2.38. The molecule has 0 amide bonds. The van der Waals surface area contributed by atoms with E-state index in [-0.39, 0.29) is 5.02 Å². The fourth-order valence-corrected chi connectivity index (χ4v) is 2.82. The largest absolute Gasteiger partial charge is 0.311 e. The van der Waals surface area contributed by atoms with Gasteiger partial charge in [-0.3, -0.25) is 4.90 Å². The highest BCUT2D eigenvalue weighted by atomic mass is 35.5. The first-order valence-corrected chi connectivity index (χ1v) is 7.75. The van der Waals surface area contributed by atoms with E-state index in [4.69, 9.17) is 11.6 Å². The van der Waals surface area contributed by atoms with E-state index >= 15 is 0 Å². The van der Waals surface area contributed by atoms with E-state index in [1.54, 1.807) is 16.8 Å². The lowest BCUT2D eigenvalue weighted by molar-refractivity contribution is 0.137. The van der Waals surface area contributed by atoms with Crippen molar-refractivity contribution in [1.82, 2.24) is 25.2 Å². The molecule has 2 atom stereocenters. The van der Waals surface area contributed by atoms with Crippen molar-refractivity contribution in [2.75, 3.05) is 13.1 Å². The van der Waals surface area contributed by atoms with Crippen molar-refractivity contribution < 1.29 is 4.39 Å². The fraction of sp³-hybridized carbons (Fsp3) is 0.467. The zero-order chi connectivity index (χ0) is 15.7. The summed E-state index contributed by atoms with van der Waals surface area (Å²) >= 11 is 5.81. The van der Waals surface area contributed by atoms with Gasteiger partial charge < -0.3 is 5.32 Å². The Morgan fingerprint density at radius 2 is 2.23 bits per heavy atom. The molecular formula is C15H19ClFN5. The molecule has 1 aliphatic heterocycles. The van der Waals surface area contributed by atoms with Gasteiger partial charge >= 0.3 is 0 Å². The topological polar surface area (TPSA) is 46.0 Å². The molecule has 1 aliphatic rings. The van der Waals surface area contributed by atoms with Gasteiger partial charge in [0, 0.05) is 31.7 Å². The Kier molecular flexibility index (Phi) is 4.42. The van der Waals surface area contributed by atoms with Crippen molar-refractivity contribution >= 4 is 11.6 Å². The zero-order valence-electron chi connectivity index (χ0n) is 12.6. The first kappa shape index (κ1) is 15.4. The summed E-state index contributed by atoms with van der Waals surface area (Å²) in [5.41, 5.74) is 1.59. The maximum absolute atomic E-state index is 13.2. The molecular weight excluding hydrogens is 305 g/mol. The minimum atomic E-state index is -0.436. The summed E-state index contributed by atoms with van der Waals surface area (Å²) in [6.45, 7) is 7.08. The van der Waals surface area contributed by atoms with Gasteiger partial charge in [0.1, 0.15) is 5.82 Å². The van der Waals surface area contributed by atoms with Crippen molar-refractivity contribution in [3.8, 4) is 5.69 Å². The summed E-state index contributed by atoms with van der Waals surface area (Å²) in [7, 11) is 0. The molecule has 2 aromatic rings. The second kappa shape index (κ2) is 6.32. The molecule has 7 heteroatoms. The van der Waals surface area contributed by atoms with Gasteiger partial charge in [0.15, 0.2) is 0 Å². The number of rotatable bonds is 3. The SMILES string of the molecule is CC1CN(Cc2cn(-c3ccc(F)c(Cl)c3)nn2)C(C)CN1. The second-order valence-electron chi connectivity index (χ2n) is 5.84. The molecule has 5 nitrogen and oxygen atoms in total. The van der Waals surface area contributed by atoms with Gasteiger partial charge in [-0.1, -0.05) is 16.8 Å². The van der Waals surface area contributed by atoms with Gasteiger partial charge in [0.25, 0.3) is 0 Å². The van der Waals surface area contributed by atoms with Crippen LogP contribution in [0, 0.1) is 5.82 Å². The Morgan fingerprint density at radius 1 is 1.41 bits per heavy atom. The monoisotopic (exact) mass is 323 g/mol. The fourth-order valence-electron chi connectivity index (χ4n) is 2.65. The van der Waals surface area contributed by atoms with Crippen LogP contribution in [0.25, 0.3) is 5.69 Å². The number of piperazine rings is 1. The quantitative estimate of drug-likeness (QED) is 0.941. The molecule has 2 unspecified atom stereocenters. The van der Waals surface area contributed by atoms with Crippen LogP contribution in [-0.4, -0.2) is 45.1 Å². The molecule has 0 spiro atoms. The highest BCUT2D eigenvalue weighted by Crippen LogP contribution is 2.19. The molecule has 0 aliphatic carbocycles. The molecule has 1 saturated heterocycles. The lowest BCUT2D eigenvalue weighted by Gasteiger charge is -2.36. The van der Waals surface area contributed by atoms with Crippen LogP contribution in [0.15, 0.2) is 24.4 Å². The number of nitrogens with zero attached hydrogens (tertiary/aromatic N) is 4. The molecule has 0 bridgehead atoms. The van der Waals surface area contributed by atoms with Crippen molar-refractivity contribution in [2.24, 2.45) is 0 Å². The van der Waals surface area contributed by atoms with Gasteiger partial charge in [-0.25, -0.2) is 9.07 Å². The normalized spacial score (nSPS) is 22.9. The van der Waals surface area contributed by atoms with E-state index < -0.39 is 5.82 Å². The molecule has 0 radical (unpaired) electrons. The number of hydrogen-bond donors (Lipinski definition) is 1. The number of nitrogens with one attached hydrogen (secondary N) is 1. The standard InChI is InChI=1S/C15H19ClFN5/c1-10-7-21(11(2)6-18-10)8-12-9-22(20-19-12)13-3-4-15(17)14(16)5-13/h3-5,9-11,18H,6-8H2,1-2H3. The third-order valence-corrected chi connectivity index (χ3v) is 4.26. The van der Waals surface area contributed by atoms with Crippen LogP contribution in [0.2, 0.25) is 5.02 Å². The van der Waals surface area contributed by atoms with Gasteiger partial charge in [-0.05, 0) is 32.0 Å². The van der Waals surface area contributed by atoms with Crippen LogP contribution in [0.5, 0.6) is 0 Å². The van der Waals surface area contributed by atoms with Crippen LogP contribution in [-0.2, 0) is 6.54 Å². The van der Waals surface area contributed by atoms with E-state index in [0.29, 0.717) is 17.8 Å². The Hall–Kier alpha value is -1.50. The van der Waals surface area contributed by atoms with Crippen molar-refractivity contribution in [3.05, 3.63) is 40.9 Å². The van der Waals surface area contributed by atoms with E-state index in [9.17, 15) is 4.39 Å². The maximum atomic E-state index is 13.2. The van der Waals surface area contributed by atoms with Crippen LogP contribution in [0.1, 0.15) is 19.5 Å². The Labute approximate surface area is 134 Å². The Bertz CT molecular complexity index is 659. The minimum Gasteiger partial charge on any atom is -0.311 e. The number of aromatic nitrogens is 3. The predicted molar refractivity (Wildman–Crippen MR) is 83.7 cm³/mol. The smallest absolute Gasteiger partial charge is 0.141 e. The first-order valence-electron chi connectivity index (χ1n) is 7.37. The van der Waals surface area contributed by atoms with E-state index in [2.05, 4.69) is 34.4 Å². The minimum absolute atomic E-state index is 0.0825. The molecule has 1 aromatic carbocycles. The molecule has 2 heterocycles. The molecule has 1 N–H and O–H groups in total. The van der Waals surface area contributed by atoms with E-state index in [1.807, 2.05) is 6.20 Å². The number of hydrogen-bond acceptors (Lipinski definition) is 4. The summed E-state index contributed by atoms with van der Waals surface area (Å²) in [5, 5.41) is 11.9. The lowest BCUT2D eigenvalue weighted by Crippen LogP contribution is -2.53. The van der Waals surface area contributed by atoms with Crippen LogP contribution >= 0.6 is 11.6 Å². The van der Waals surface area contributed by atoms with Crippen molar-refractivity contribution in [2.45, 2.75) is 32.5 Å². The molecule has 0 saturated carbocycles. The second-order valence-corrected chi connectivity index (χ2v) is 6.25. The third kappa shape index (κ3) is 3.29. The third-order valence-electron chi connectivity index (χ3n) is 3.97. The summed E-state index contributed by atoms with van der Waals surface area (Å²) in [6, 6.07) is 5.45. The van der Waals surface area contributed by atoms with Crippen LogP contribution in [0.3, 0.4) is 0 Å². The van der Waals surface area contributed by atoms with Crippen molar-refractivity contribution in [3.63, 3.8) is 0 Å². The molecule has 3 rings (SSSR count). The average Bonchev–Trinajstić information content (AvgIpc) is 2.94. The predicted octanol–water partition coefficient (Wildman–Crippen LogP) is 2.24. The van der Waals surface area contributed by atoms with Gasteiger partial charge in [-0.15, -0.1) is 5.10 Å².